The molecule has 44 heavy (non-hydrogen) atoms. The molecule has 0 aliphatic heterocycles. The standard InChI is InChI=1S/C36H47N3O5/c1-26(25-37)12-10-18-35(42)38(3)33(24-29-19-20-30-15-8-9-16-31(30)22-29)36(43)39(4)32(23-28-13-6-5-7-14-28)34(41)17-11-21-44-27(2)40/h5-10,13-16,18-20,22,26,32-34,41H,11-12,17,21,23-25,37H2,1-4H3/t26?,32-,33-,34?/m1/s1. The SMILES string of the molecule is CC(=O)OCCCC(O)[C@@H](Cc1ccccc1)N(C)C(=O)[C@@H](Cc1ccc2ccccc2c1)N(C)C(=O)C=CCC(C)CN. The first kappa shape index (κ1) is 34.5. The van der Waals surface area contributed by atoms with Crippen LogP contribution in [0.5, 0.6) is 0 Å². The summed E-state index contributed by atoms with van der Waals surface area (Å²) in [5.41, 5.74) is 7.64. The monoisotopic (exact) mass is 601 g/mol. The first-order valence-electron chi connectivity index (χ1n) is 15.3. The number of carbonyl (C=O) groups is 3. The molecular weight excluding hydrogens is 554 g/mol. The molecular formula is C36H47N3O5. The number of rotatable bonds is 16. The highest BCUT2D eigenvalue weighted by Crippen LogP contribution is 2.22. The number of nitrogens with zero attached hydrogens (tertiary/aromatic N) is 2. The van der Waals surface area contributed by atoms with Gasteiger partial charge >= 0.3 is 5.97 Å². The van der Waals surface area contributed by atoms with Gasteiger partial charge in [-0.3, -0.25) is 14.4 Å². The lowest BCUT2D eigenvalue weighted by atomic mass is 9.95. The number of aliphatic hydroxyl groups is 1. The molecule has 3 N–H and O–H groups in total. The summed E-state index contributed by atoms with van der Waals surface area (Å²) in [5.74, 6) is -0.670. The third-order valence-electron chi connectivity index (χ3n) is 8.07. The average Bonchev–Trinajstić information content (AvgIpc) is 3.03. The number of fused-ring (bicyclic) bond motifs is 1. The van der Waals surface area contributed by atoms with Crippen LogP contribution in [0.25, 0.3) is 10.8 Å². The first-order chi connectivity index (χ1) is 21.1. The van der Waals surface area contributed by atoms with Crippen molar-refractivity contribution >= 4 is 28.6 Å². The van der Waals surface area contributed by atoms with E-state index >= 15 is 0 Å². The van der Waals surface area contributed by atoms with Gasteiger partial charge in [-0.2, -0.15) is 0 Å². The van der Waals surface area contributed by atoms with Crippen molar-refractivity contribution in [3.05, 3.63) is 96.1 Å². The Bertz CT molecular complexity index is 1390. The summed E-state index contributed by atoms with van der Waals surface area (Å²) in [7, 11) is 3.34. The third-order valence-corrected chi connectivity index (χ3v) is 8.07. The van der Waals surface area contributed by atoms with Crippen molar-refractivity contribution in [2.75, 3.05) is 27.2 Å². The molecule has 4 atom stereocenters. The van der Waals surface area contributed by atoms with Crippen molar-refractivity contribution in [2.24, 2.45) is 11.7 Å². The molecule has 0 fully saturated rings. The summed E-state index contributed by atoms with van der Waals surface area (Å²) >= 11 is 0. The zero-order valence-electron chi connectivity index (χ0n) is 26.4. The Balaban J connectivity index is 1.91. The Hall–Kier alpha value is -4.01. The van der Waals surface area contributed by atoms with Crippen LogP contribution in [0.3, 0.4) is 0 Å². The molecule has 0 saturated heterocycles. The highest BCUT2D eigenvalue weighted by molar-refractivity contribution is 5.93. The van der Waals surface area contributed by atoms with E-state index in [1.807, 2.05) is 79.7 Å². The van der Waals surface area contributed by atoms with Crippen molar-refractivity contribution in [3.8, 4) is 0 Å². The van der Waals surface area contributed by atoms with Gasteiger partial charge in [0.25, 0.3) is 0 Å². The van der Waals surface area contributed by atoms with Gasteiger partial charge in [-0.05, 0) is 66.1 Å². The number of esters is 1. The molecule has 0 spiro atoms. The number of allylic oxidation sites excluding steroid dienone is 1. The highest BCUT2D eigenvalue weighted by atomic mass is 16.5. The minimum absolute atomic E-state index is 0.193. The third kappa shape index (κ3) is 10.3. The van der Waals surface area contributed by atoms with Crippen LogP contribution in [0.1, 0.15) is 44.2 Å². The maximum absolute atomic E-state index is 14.4. The summed E-state index contributed by atoms with van der Waals surface area (Å²) < 4.78 is 5.06. The minimum Gasteiger partial charge on any atom is -0.466 e. The van der Waals surface area contributed by atoms with Crippen LogP contribution in [0, 0.1) is 5.92 Å². The lowest BCUT2D eigenvalue weighted by Gasteiger charge is -2.37. The Morgan fingerprint density at radius 1 is 0.909 bits per heavy atom. The molecule has 8 heteroatoms. The highest BCUT2D eigenvalue weighted by Gasteiger charge is 2.34. The molecule has 0 saturated carbocycles. The van der Waals surface area contributed by atoms with Gasteiger partial charge in [0, 0.05) is 27.4 Å². The summed E-state index contributed by atoms with van der Waals surface area (Å²) in [6, 6.07) is 22.4. The zero-order valence-corrected chi connectivity index (χ0v) is 26.4. The second-order valence-corrected chi connectivity index (χ2v) is 11.6. The Labute approximate surface area is 261 Å². The van der Waals surface area contributed by atoms with Gasteiger partial charge < -0.3 is 25.4 Å². The number of hydrogen-bond acceptors (Lipinski definition) is 6. The fraction of sp³-hybridized carbons (Fsp3) is 0.417. The Morgan fingerprint density at radius 3 is 2.27 bits per heavy atom. The molecule has 2 unspecified atom stereocenters. The van der Waals surface area contributed by atoms with E-state index < -0.39 is 18.2 Å². The van der Waals surface area contributed by atoms with Crippen LogP contribution in [0.4, 0.5) is 0 Å². The Kier molecular flexibility index (Phi) is 13.6. The van der Waals surface area contributed by atoms with Crippen LogP contribution < -0.4 is 5.73 Å². The van der Waals surface area contributed by atoms with Crippen LogP contribution in [0.15, 0.2) is 84.9 Å². The van der Waals surface area contributed by atoms with E-state index in [1.165, 1.54) is 17.9 Å². The van der Waals surface area contributed by atoms with Gasteiger partial charge in [0.15, 0.2) is 0 Å². The molecule has 8 nitrogen and oxygen atoms in total. The molecule has 0 aromatic heterocycles. The first-order valence-corrected chi connectivity index (χ1v) is 15.3. The van der Waals surface area contributed by atoms with Crippen molar-refractivity contribution in [3.63, 3.8) is 0 Å². The number of likely N-dealkylation sites (N-methyl/N-ethyl adjacent to an activating group) is 2. The molecule has 3 rings (SSSR count). The number of benzene rings is 3. The second-order valence-electron chi connectivity index (χ2n) is 11.6. The van der Waals surface area contributed by atoms with Gasteiger partial charge in [-0.25, -0.2) is 0 Å². The summed E-state index contributed by atoms with van der Waals surface area (Å²) in [6.45, 7) is 4.08. The fourth-order valence-electron chi connectivity index (χ4n) is 5.23. The van der Waals surface area contributed by atoms with E-state index in [-0.39, 0.29) is 30.3 Å². The lowest BCUT2D eigenvalue weighted by Crippen LogP contribution is -2.54. The van der Waals surface area contributed by atoms with Gasteiger partial charge in [0.1, 0.15) is 6.04 Å². The number of nitrogens with two attached hydrogens (primary N) is 1. The molecule has 236 valence electrons. The smallest absolute Gasteiger partial charge is 0.302 e. The van der Waals surface area contributed by atoms with Crippen molar-refractivity contribution in [1.82, 2.24) is 9.80 Å². The topological polar surface area (TPSA) is 113 Å². The van der Waals surface area contributed by atoms with Gasteiger partial charge in [0.2, 0.25) is 11.8 Å². The van der Waals surface area contributed by atoms with Gasteiger partial charge in [-0.15, -0.1) is 0 Å². The zero-order chi connectivity index (χ0) is 32.1. The predicted molar refractivity (Wildman–Crippen MR) is 175 cm³/mol. The van der Waals surface area contributed by atoms with Crippen LogP contribution >= 0.6 is 0 Å². The number of hydrogen-bond donors (Lipinski definition) is 2. The summed E-state index contributed by atoms with van der Waals surface area (Å²) in [4.78, 5) is 42.0. The molecule has 3 aromatic carbocycles. The van der Waals surface area contributed by atoms with Crippen LogP contribution in [-0.4, -0.2) is 78.1 Å². The van der Waals surface area contributed by atoms with Gasteiger partial charge in [0.05, 0.1) is 18.8 Å². The normalized spacial score (nSPS) is 14.1. The second kappa shape index (κ2) is 17.3. The van der Waals surface area contributed by atoms with E-state index in [1.54, 1.807) is 19.0 Å². The molecule has 0 aliphatic carbocycles. The van der Waals surface area contributed by atoms with Gasteiger partial charge in [-0.1, -0.05) is 85.8 Å². The Morgan fingerprint density at radius 2 is 1.59 bits per heavy atom. The number of carbonyl (C=O) groups excluding carboxylic acids is 3. The molecule has 0 bridgehead atoms. The fourth-order valence-corrected chi connectivity index (χ4v) is 5.23. The van der Waals surface area contributed by atoms with Crippen molar-refractivity contribution in [1.29, 1.82) is 0 Å². The van der Waals surface area contributed by atoms with Crippen LogP contribution in [-0.2, 0) is 32.0 Å². The molecule has 0 radical (unpaired) electrons. The molecule has 0 aliphatic rings. The summed E-state index contributed by atoms with van der Waals surface area (Å²) in [6.07, 6.45) is 4.64. The minimum atomic E-state index is -0.875. The number of ether oxygens (including phenoxy) is 1. The van der Waals surface area contributed by atoms with Crippen molar-refractivity contribution < 1.29 is 24.2 Å². The number of amides is 2. The van der Waals surface area contributed by atoms with E-state index in [4.69, 9.17) is 10.5 Å². The van der Waals surface area contributed by atoms with Crippen molar-refractivity contribution in [2.45, 2.75) is 64.1 Å². The van der Waals surface area contributed by atoms with Crippen LogP contribution in [0.2, 0.25) is 0 Å². The molecule has 2 amide bonds. The quantitative estimate of drug-likeness (QED) is 0.142. The van der Waals surface area contributed by atoms with E-state index in [0.717, 1.165) is 21.9 Å². The maximum Gasteiger partial charge on any atom is 0.302 e. The van der Waals surface area contributed by atoms with E-state index in [0.29, 0.717) is 38.6 Å². The lowest BCUT2D eigenvalue weighted by molar-refractivity contribution is -0.145. The molecule has 0 heterocycles. The summed E-state index contributed by atoms with van der Waals surface area (Å²) in [5, 5.41) is 13.5. The predicted octanol–water partition coefficient (Wildman–Crippen LogP) is 4.52. The number of aliphatic hydroxyl groups excluding tert-OH is 1. The molecule has 3 aromatic rings. The van der Waals surface area contributed by atoms with E-state index in [9.17, 15) is 19.5 Å². The maximum atomic E-state index is 14.4. The average molecular weight is 602 g/mol. The largest absolute Gasteiger partial charge is 0.466 e. The van der Waals surface area contributed by atoms with E-state index in [2.05, 4.69) is 6.07 Å².